The second-order valence-corrected chi connectivity index (χ2v) is 8.44. The van der Waals surface area contributed by atoms with Crippen LogP contribution in [0, 0.1) is 6.92 Å². The molecule has 1 aliphatic rings. The van der Waals surface area contributed by atoms with Gasteiger partial charge in [0.1, 0.15) is 16.5 Å². The standard InChI is InChI=1S/C21H25N5OS/c1-14(2)20-22-9-11-26(20)18-8-4-7-17(24-18)16-6-5-10-25(12-16)21(27)19-15(3)23-13-28-19/h4,7-9,11,13-14,16H,5-6,10,12H2,1-3H3. The Morgan fingerprint density at radius 3 is 2.89 bits per heavy atom. The van der Waals surface area contributed by atoms with Gasteiger partial charge in [-0.1, -0.05) is 19.9 Å². The lowest BCUT2D eigenvalue weighted by molar-refractivity contribution is 0.0710. The van der Waals surface area contributed by atoms with Crippen molar-refractivity contribution in [2.75, 3.05) is 13.1 Å². The molecule has 4 rings (SSSR count). The summed E-state index contributed by atoms with van der Waals surface area (Å²) in [5.41, 5.74) is 3.60. The Bertz CT molecular complexity index is 977. The first kappa shape index (κ1) is 18.8. The van der Waals surface area contributed by atoms with Crippen molar-refractivity contribution in [1.29, 1.82) is 0 Å². The van der Waals surface area contributed by atoms with Gasteiger partial charge >= 0.3 is 0 Å². The molecule has 1 unspecified atom stereocenters. The molecule has 0 spiro atoms. The van der Waals surface area contributed by atoms with Crippen molar-refractivity contribution in [3.63, 3.8) is 0 Å². The Labute approximate surface area is 169 Å². The molecule has 28 heavy (non-hydrogen) atoms. The zero-order chi connectivity index (χ0) is 19.7. The number of amides is 1. The van der Waals surface area contributed by atoms with Gasteiger partial charge in [-0.2, -0.15) is 0 Å². The maximum atomic E-state index is 12.9. The third kappa shape index (κ3) is 3.58. The molecule has 6 nitrogen and oxygen atoms in total. The summed E-state index contributed by atoms with van der Waals surface area (Å²) in [6.07, 6.45) is 5.82. The van der Waals surface area contributed by atoms with Crippen LogP contribution in [0.1, 0.15) is 65.4 Å². The summed E-state index contributed by atoms with van der Waals surface area (Å²) < 4.78 is 2.06. The Kier molecular flexibility index (Phi) is 5.26. The smallest absolute Gasteiger partial charge is 0.265 e. The van der Waals surface area contributed by atoms with Crippen LogP contribution >= 0.6 is 11.3 Å². The van der Waals surface area contributed by atoms with E-state index in [-0.39, 0.29) is 11.8 Å². The molecule has 1 aliphatic heterocycles. The molecule has 3 aromatic heterocycles. The van der Waals surface area contributed by atoms with Gasteiger partial charge in [0.2, 0.25) is 0 Å². The number of pyridine rings is 1. The van der Waals surface area contributed by atoms with Gasteiger partial charge in [-0.3, -0.25) is 9.36 Å². The average Bonchev–Trinajstić information content (AvgIpc) is 3.37. The van der Waals surface area contributed by atoms with Gasteiger partial charge in [-0.15, -0.1) is 11.3 Å². The lowest BCUT2D eigenvalue weighted by Gasteiger charge is -2.32. The molecule has 1 atom stereocenters. The minimum Gasteiger partial charge on any atom is -0.337 e. The number of nitrogens with zero attached hydrogens (tertiary/aromatic N) is 5. The molecular formula is C21H25N5OS. The van der Waals surface area contributed by atoms with E-state index in [1.54, 1.807) is 5.51 Å². The quantitative estimate of drug-likeness (QED) is 0.665. The van der Waals surface area contributed by atoms with Crippen LogP contribution in [-0.2, 0) is 0 Å². The highest BCUT2D eigenvalue weighted by atomic mass is 32.1. The van der Waals surface area contributed by atoms with Gasteiger partial charge in [0, 0.05) is 43.0 Å². The number of hydrogen-bond acceptors (Lipinski definition) is 5. The largest absolute Gasteiger partial charge is 0.337 e. The number of thiazole rings is 1. The lowest BCUT2D eigenvalue weighted by Crippen LogP contribution is -2.39. The van der Waals surface area contributed by atoms with Crippen LogP contribution in [0.15, 0.2) is 36.1 Å². The fourth-order valence-electron chi connectivity index (χ4n) is 3.79. The van der Waals surface area contributed by atoms with Crippen LogP contribution in [0.4, 0.5) is 0 Å². The summed E-state index contributed by atoms with van der Waals surface area (Å²) in [4.78, 5) is 29.2. The van der Waals surface area contributed by atoms with Crippen LogP contribution in [0.3, 0.4) is 0 Å². The molecule has 1 saturated heterocycles. The van der Waals surface area contributed by atoms with Crippen molar-refractivity contribution < 1.29 is 4.79 Å². The van der Waals surface area contributed by atoms with Crippen LogP contribution in [0.2, 0.25) is 0 Å². The van der Waals surface area contributed by atoms with E-state index in [1.165, 1.54) is 11.3 Å². The summed E-state index contributed by atoms with van der Waals surface area (Å²) in [6.45, 7) is 7.66. The normalized spacial score (nSPS) is 17.3. The number of likely N-dealkylation sites (tertiary alicyclic amines) is 1. The Balaban J connectivity index is 1.57. The maximum Gasteiger partial charge on any atom is 0.265 e. The van der Waals surface area contributed by atoms with Gasteiger partial charge < -0.3 is 4.90 Å². The molecule has 4 heterocycles. The van der Waals surface area contributed by atoms with Gasteiger partial charge in [-0.05, 0) is 31.9 Å². The number of piperidine rings is 1. The van der Waals surface area contributed by atoms with E-state index in [4.69, 9.17) is 4.98 Å². The third-order valence-corrected chi connectivity index (χ3v) is 6.17. The number of carbonyl (C=O) groups excluding carboxylic acids is 1. The molecule has 3 aromatic rings. The van der Waals surface area contributed by atoms with E-state index in [0.717, 1.165) is 47.3 Å². The highest BCUT2D eigenvalue weighted by molar-refractivity contribution is 7.11. The zero-order valence-corrected chi connectivity index (χ0v) is 17.3. The molecule has 0 radical (unpaired) electrons. The van der Waals surface area contributed by atoms with Crippen molar-refractivity contribution in [3.05, 3.63) is 58.2 Å². The van der Waals surface area contributed by atoms with Crippen molar-refractivity contribution in [1.82, 2.24) is 24.4 Å². The zero-order valence-electron chi connectivity index (χ0n) is 16.5. The van der Waals surface area contributed by atoms with Gasteiger partial charge in [0.15, 0.2) is 0 Å². The number of aromatic nitrogens is 4. The van der Waals surface area contributed by atoms with E-state index in [0.29, 0.717) is 12.5 Å². The summed E-state index contributed by atoms with van der Waals surface area (Å²) >= 11 is 1.43. The Morgan fingerprint density at radius 1 is 1.29 bits per heavy atom. The fraction of sp³-hybridized carbons (Fsp3) is 0.429. The molecular weight excluding hydrogens is 370 g/mol. The van der Waals surface area contributed by atoms with E-state index >= 15 is 0 Å². The fourth-order valence-corrected chi connectivity index (χ4v) is 4.56. The van der Waals surface area contributed by atoms with Crippen molar-refractivity contribution in [2.24, 2.45) is 0 Å². The number of carbonyl (C=O) groups is 1. The molecule has 0 aromatic carbocycles. The predicted molar refractivity (Wildman–Crippen MR) is 110 cm³/mol. The average molecular weight is 396 g/mol. The molecule has 0 aliphatic carbocycles. The van der Waals surface area contributed by atoms with Crippen molar-refractivity contribution in [2.45, 2.75) is 45.4 Å². The van der Waals surface area contributed by atoms with E-state index in [9.17, 15) is 4.79 Å². The molecule has 146 valence electrons. The molecule has 7 heteroatoms. The van der Waals surface area contributed by atoms with E-state index in [1.807, 2.05) is 30.3 Å². The monoisotopic (exact) mass is 395 g/mol. The number of imidazole rings is 1. The number of rotatable bonds is 4. The van der Waals surface area contributed by atoms with E-state index in [2.05, 4.69) is 40.5 Å². The first-order chi connectivity index (χ1) is 13.5. The topological polar surface area (TPSA) is 63.9 Å². The highest BCUT2D eigenvalue weighted by Gasteiger charge is 2.28. The second-order valence-electron chi connectivity index (χ2n) is 7.59. The Morgan fingerprint density at radius 2 is 2.14 bits per heavy atom. The second kappa shape index (κ2) is 7.83. The van der Waals surface area contributed by atoms with E-state index < -0.39 is 0 Å². The van der Waals surface area contributed by atoms with Gasteiger partial charge in [0.25, 0.3) is 5.91 Å². The minimum atomic E-state index is 0.0950. The lowest BCUT2D eigenvalue weighted by atomic mass is 9.94. The third-order valence-electron chi connectivity index (χ3n) is 5.26. The predicted octanol–water partition coefficient (Wildman–Crippen LogP) is 4.18. The van der Waals surface area contributed by atoms with Gasteiger partial charge in [0.05, 0.1) is 11.2 Å². The van der Waals surface area contributed by atoms with Crippen molar-refractivity contribution >= 4 is 17.2 Å². The maximum absolute atomic E-state index is 12.9. The van der Waals surface area contributed by atoms with Crippen LogP contribution in [0.5, 0.6) is 0 Å². The molecule has 0 N–H and O–H groups in total. The first-order valence-electron chi connectivity index (χ1n) is 9.74. The molecule has 0 saturated carbocycles. The molecule has 1 amide bonds. The van der Waals surface area contributed by atoms with Crippen LogP contribution in [-0.4, -0.2) is 43.4 Å². The highest BCUT2D eigenvalue weighted by Crippen LogP contribution is 2.28. The summed E-state index contributed by atoms with van der Waals surface area (Å²) in [6, 6.07) is 6.14. The first-order valence-corrected chi connectivity index (χ1v) is 10.6. The summed E-state index contributed by atoms with van der Waals surface area (Å²) in [5, 5.41) is 0. The summed E-state index contributed by atoms with van der Waals surface area (Å²) in [5.74, 6) is 2.56. The Hall–Kier alpha value is -2.54. The molecule has 0 bridgehead atoms. The van der Waals surface area contributed by atoms with Crippen LogP contribution < -0.4 is 0 Å². The minimum absolute atomic E-state index is 0.0950. The number of aryl methyl sites for hydroxylation is 1. The van der Waals surface area contributed by atoms with Gasteiger partial charge in [-0.25, -0.2) is 15.0 Å². The number of hydrogen-bond donors (Lipinski definition) is 0. The van der Waals surface area contributed by atoms with Crippen molar-refractivity contribution in [3.8, 4) is 5.82 Å². The SMILES string of the molecule is Cc1ncsc1C(=O)N1CCCC(c2cccc(-n3ccnc3C(C)C)n2)C1. The molecule has 1 fully saturated rings. The van der Waals surface area contributed by atoms with Crippen LogP contribution in [0.25, 0.3) is 5.82 Å². The summed E-state index contributed by atoms with van der Waals surface area (Å²) in [7, 11) is 0.